The molecule has 0 unspecified atom stereocenters. The summed E-state index contributed by atoms with van der Waals surface area (Å²) in [5.41, 5.74) is 11.8. The van der Waals surface area contributed by atoms with E-state index in [1.807, 2.05) is 48.5 Å². The van der Waals surface area contributed by atoms with Crippen molar-refractivity contribution in [1.29, 1.82) is 0 Å². The van der Waals surface area contributed by atoms with Gasteiger partial charge in [0.15, 0.2) is 5.82 Å². The summed E-state index contributed by atoms with van der Waals surface area (Å²) in [6.45, 7) is 4.63. The summed E-state index contributed by atoms with van der Waals surface area (Å²) < 4.78 is 6.28. The molecule has 190 valence electrons. The topological polar surface area (TPSA) is 38.9 Å². The molecule has 0 bridgehead atoms. The average molecular weight is 515 g/mol. The van der Waals surface area contributed by atoms with Gasteiger partial charge in [0.1, 0.15) is 11.2 Å². The van der Waals surface area contributed by atoms with E-state index < -0.39 is 0 Å². The van der Waals surface area contributed by atoms with Gasteiger partial charge in [-0.2, -0.15) is 0 Å². The Bertz CT molecular complexity index is 2010. The fourth-order valence-corrected chi connectivity index (χ4v) is 6.20. The molecule has 1 aliphatic carbocycles. The molecule has 8 rings (SSSR count). The molecule has 2 heterocycles. The Morgan fingerprint density at radius 1 is 0.500 bits per heavy atom. The second kappa shape index (κ2) is 8.49. The lowest BCUT2D eigenvalue weighted by Crippen LogP contribution is -2.14. The van der Waals surface area contributed by atoms with Crippen molar-refractivity contribution in [1.82, 2.24) is 9.97 Å². The van der Waals surface area contributed by atoms with E-state index in [1.54, 1.807) is 0 Å². The zero-order chi connectivity index (χ0) is 26.8. The van der Waals surface area contributed by atoms with Crippen molar-refractivity contribution in [3.63, 3.8) is 0 Å². The molecule has 1 aliphatic rings. The first-order valence-electron chi connectivity index (χ1n) is 13.7. The number of nitrogens with zero attached hydrogens (tertiary/aromatic N) is 2. The van der Waals surface area contributed by atoms with Crippen molar-refractivity contribution >= 4 is 21.9 Å². The van der Waals surface area contributed by atoms with Crippen molar-refractivity contribution in [2.75, 3.05) is 0 Å². The molecule has 2 aromatic heterocycles. The minimum atomic E-state index is -0.119. The van der Waals surface area contributed by atoms with Crippen molar-refractivity contribution in [3.05, 3.63) is 132 Å². The lowest BCUT2D eigenvalue weighted by atomic mass is 9.82. The monoisotopic (exact) mass is 514 g/mol. The van der Waals surface area contributed by atoms with Gasteiger partial charge in [-0.1, -0.05) is 105 Å². The second-order valence-electron chi connectivity index (χ2n) is 11.1. The number of rotatable bonds is 3. The van der Waals surface area contributed by atoms with Crippen LogP contribution in [0.15, 0.2) is 126 Å². The first kappa shape index (κ1) is 22.9. The zero-order valence-electron chi connectivity index (χ0n) is 22.3. The summed E-state index contributed by atoms with van der Waals surface area (Å²) in [5.74, 6) is 0.724. The highest BCUT2D eigenvalue weighted by atomic mass is 16.3. The number of hydrogen-bond acceptors (Lipinski definition) is 3. The Labute approximate surface area is 232 Å². The van der Waals surface area contributed by atoms with Crippen LogP contribution < -0.4 is 0 Å². The normalized spacial score (nSPS) is 13.4. The van der Waals surface area contributed by atoms with E-state index in [-0.39, 0.29) is 5.41 Å². The molecule has 3 nitrogen and oxygen atoms in total. The van der Waals surface area contributed by atoms with E-state index in [1.165, 1.54) is 27.6 Å². The maximum absolute atomic E-state index is 6.28. The maximum Gasteiger partial charge on any atom is 0.160 e. The van der Waals surface area contributed by atoms with E-state index in [4.69, 9.17) is 14.4 Å². The van der Waals surface area contributed by atoms with Crippen LogP contribution in [0.1, 0.15) is 25.0 Å². The van der Waals surface area contributed by atoms with E-state index in [9.17, 15) is 0 Å². The molecule has 0 spiro atoms. The standard InChI is InChI=1S/C37H26N2O/c1-37(2)30-18-17-25(19-27(30)28-21-35-29(20-31(28)37)26-15-9-10-16-34(26)40-35)33-22-32(23-11-5-3-6-12-23)38-36(39-33)24-13-7-4-8-14-24/h3-22H,1-2H3. The molecule has 0 N–H and O–H groups in total. The van der Waals surface area contributed by atoms with Crippen LogP contribution in [0.3, 0.4) is 0 Å². The Hall–Kier alpha value is -5.02. The highest BCUT2D eigenvalue weighted by Gasteiger charge is 2.36. The lowest BCUT2D eigenvalue weighted by Gasteiger charge is -2.21. The first-order chi connectivity index (χ1) is 19.6. The van der Waals surface area contributed by atoms with Crippen LogP contribution in [-0.4, -0.2) is 9.97 Å². The summed E-state index contributed by atoms with van der Waals surface area (Å²) in [4.78, 5) is 10.0. The molecule has 0 atom stereocenters. The molecule has 40 heavy (non-hydrogen) atoms. The van der Waals surface area contributed by atoms with Gasteiger partial charge in [0, 0.05) is 32.9 Å². The Kier molecular flexibility index (Phi) is 4.86. The van der Waals surface area contributed by atoms with Crippen molar-refractivity contribution < 1.29 is 4.42 Å². The van der Waals surface area contributed by atoms with Crippen LogP contribution in [0.4, 0.5) is 0 Å². The number of benzene rings is 5. The Morgan fingerprint density at radius 2 is 1.15 bits per heavy atom. The van der Waals surface area contributed by atoms with Gasteiger partial charge in [0.25, 0.3) is 0 Å². The number of hydrogen-bond donors (Lipinski definition) is 0. The molecule has 0 aliphatic heterocycles. The van der Waals surface area contributed by atoms with Gasteiger partial charge in [0.2, 0.25) is 0 Å². The molecule has 0 radical (unpaired) electrons. The van der Waals surface area contributed by atoms with Crippen molar-refractivity contribution in [3.8, 4) is 45.0 Å². The number of furan rings is 1. The quantitative estimate of drug-likeness (QED) is 0.236. The third-order valence-electron chi connectivity index (χ3n) is 8.30. The smallest absolute Gasteiger partial charge is 0.160 e. The van der Waals surface area contributed by atoms with Crippen molar-refractivity contribution in [2.45, 2.75) is 19.3 Å². The van der Waals surface area contributed by atoms with Gasteiger partial charge >= 0.3 is 0 Å². The highest BCUT2D eigenvalue weighted by Crippen LogP contribution is 2.51. The molecule has 0 saturated carbocycles. The lowest BCUT2D eigenvalue weighted by molar-refractivity contribution is 0.658. The van der Waals surface area contributed by atoms with Crippen LogP contribution in [-0.2, 0) is 5.41 Å². The van der Waals surface area contributed by atoms with Crippen LogP contribution in [0.2, 0.25) is 0 Å². The number of para-hydroxylation sites is 1. The molecule has 3 heteroatoms. The molecular formula is C37H26N2O. The molecule has 5 aromatic carbocycles. The zero-order valence-corrected chi connectivity index (χ0v) is 22.3. The highest BCUT2D eigenvalue weighted by molar-refractivity contribution is 6.07. The van der Waals surface area contributed by atoms with Gasteiger partial charge in [0.05, 0.1) is 11.4 Å². The Balaban J connectivity index is 1.33. The van der Waals surface area contributed by atoms with E-state index in [0.717, 1.165) is 50.5 Å². The van der Waals surface area contributed by atoms with Gasteiger partial charge in [-0.15, -0.1) is 0 Å². The van der Waals surface area contributed by atoms with Crippen LogP contribution in [0, 0.1) is 0 Å². The minimum absolute atomic E-state index is 0.119. The van der Waals surface area contributed by atoms with Gasteiger partial charge < -0.3 is 4.42 Å². The minimum Gasteiger partial charge on any atom is -0.456 e. The van der Waals surface area contributed by atoms with Gasteiger partial charge in [-0.25, -0.2) is 9.97 Å². The SMILES string of the molecule is CC1(C)c2ccc(-c3cc(-c4ccccc4)nc(-c4ccccc4)n3)cc2-c2cc3oc4ccccc4c3cc21. The van der Waals surface area contributed by atoms with Crippen LogP contribution in [0.25, 0.3) is 67.0 Å². The summed E-state index contributed by atoms with van der Waals surface area (Å²) in [6, 6.07) is 42.3. The largest absolute Gasteiger partial charge is 0.456 e. The van der Waals surface area contributed by atoms with Crippen LogP contribution in [0.5, 0.6) is 0 Å². The van der Waals surface area contributed by atoms with E-state index in [0.29, 0.717) is 0 Å². The first-order valence-corrected chi connectivity index (χ1v) is 13.7. The molecular weight excluding hydrogens is 488 g/mol. The molecule has 0 saturated heterocycles. The third kappa shape index (κ3) is 3.44. The van der Waals surface area contributed by atoms with Crippen LogP contribution >= 0.6 is 0 Å². The maximum atomic E-state index is 6.28. The summed E-state index contributed by atoms with van der Waals surface area (Å²) >= 11 is 0. The number of fused-ring (bicyclic) bond motifs is 6. The number of aromatic nitrogens is 2. The Morgan fingerprint density at radius 3 is 1.93 bits per heavy atom. The predicted molar refractivity (Wildman–Crippen MR) is 163 cm³/mol. The summed E-state index contributed by atoms with van der Waals surface area (Å²) in [7, 11) is 0. The molecule has 0 amide bonds. The third-order valence-corrected chi connectivity index (χ3v) is 8.30. The van der Waals surface area contributed by atoms with E-state index in [2.05, 4.69) is 86.6 Å². The summed E-state index contributed by atoms with van der Waals surface area (Å²) in [6.07, 6.45) is 0. The second-order valence-corrected chi connectivity index (χ2v) is 11.1. The van der Waals surface area contributed by atoms with Crippen molar-refractivity contribution in [2.24, 2.45) is 0 Å². The van der Waals surface area contributed by atoms with Gasteiger partial charge in [-0.3, -0.25) is 0 Å². The van der Waals surface area contributed by atoms with E-state index >= 15 is 0 Å². The fourth-order valence-electron chi connectivity index (χ4n) is 6.20. The predicted octanol–water partition coefficient (Wildman–Crippen LogP) is 9.68. The fraction of sp³-hybridized carbons (Fsp3) is 0.0811. The van der Waals surface area contributed by atoms with Gasteiger partial charge in [-0.05, 0) is 52.6 Å². The summed E-state index contributed by atoms with van der Waals surface area (Å²) in [5, 5.41) is 2.34. The average Bonchev–Trinajstić information content (AvgIpc) is 3.48. The molecule has 0 fully saturated rings. The molecule has 7 aromatic rings.